The third kappa shape index (κ3) is 6.77. The number of carboxylic acids is 2. The summed E-state index contributed by atoms with van der Waals surface area (Å²) in [6.07, 6.45) is -4.88. The van der Waals surface area contributed by atoms with Gasteiger partial charge >= 0.3 is 75.3 Å². The quantitative estimate of drug-likeness (QED) is 0.500. The van der Waals surface area contributed by atoms with Crippen molar-refractivity contribution in [1.29, 1.82) is 0 Å². The summed E-state index contributed by atoms with van der Waals surface area (Å²) in [4.78, 5) is 19.3. The van der Waals surface area contributed by atoms with Gasteiger partial charge in [-0.1, -0.05) is 0 Å². The van der Waals surface area contributed by atoms with Crippen molar-refractivity contribution in [3.63, 3.8) is 0 Å². The number of carboxylic acid groups (broad SMARTS) is 2. The van der Waals surface area contributed by atoms with Gasteiger partial charge in [0.25, 0.3) is 0 Å². The van der Waals surface area contributed by atoms with Crippen LogP contribution in [0.2, 0.25) is 0 Å². The SMILES string of the molecule is O=C([O-])C(O)C(O)C(=O)[O-].[K+].[Sn+4]. The molecule has 0 rings (SSSR count). The van der Waals surface area contributed by atoms with Crippen molar-refractivity contribution in [3.05, 3.63) is 0 Å². The van der Waals surface area contributed by atoms with Crippen molar-refractivity contribution >= 4 is 35.8 Å². The molecular formula is C4H4KO6Sn+3. The first-order valence-corrected chi connectivity index (χ1v) is 2.24. The number of hydrogen-bond donors (Lipinski definition) is 2. The largest absolute Gasteiger partial charge is 4.00 e. The van der Waals surface area contributed by atoms with Crippen LogP contribution >= 0.6 is 0 Å². The maximum Gasteiger partial charge on any atom is 4.00 e. The number of hydrogen-bond acceptors (Lipinski definition) is 6. The molecule has 8 heteroatoms. The zero-order valence-corrected chi connectivity index (χ0v) is 12.2. The van der Waals surface area contributed by atoms with Gasteiger partial charge in [-0.15, -0.1) is 0 Å². The topological polar surface area (TPSA) is 121 Å². The van der Waals surface area contributed by atoms with Crippen molar-refractivity contribution in [3.8, 4) is 0 Å². The number of rotatable bonds is 3. The summed E-state index contributed by atoms with van der Waals surface area (Å²) in [5.41, 5.74) is 0. The van der Waals surface area contributed by atoms with Crippen LogP contribution in [-0.4, -0.2) is 58.3 Å². The average molecular weight is 306 g/mol. The summed E-state index contributed by atoms with van der Waals surface area (Å²) in [7, 11) is 0. The van der Waals surface area contributed by atoms with Gasteiger partial charge in [0.15, 0.2) is 0 Å². The number of carbonyl (C=O) groups is 2. The van der Waals surface area contributed by atoms with Gasteiger partial charge in [-0.05, 0) is 0 Å². The van der Waals surface area contributed by atoms with E-state index in [1.165, 1.54) is 0 Å². The van der Waals surface area contributed by atoms with E-state index in [1.54, 1.807) is 0 Å². The van der Waals surface area contributed by atoms with Crippen molar-refractivity contribution in [2.24, 2.45) is 0 Å². The molecule has 0 aliphatic heterocycles. The second-order valence-electron chi connectivity index (χ2n) is 1.53. The second-order valence-corrected chi connectivity index (χ2v) is 1.53. The molecule has 2 N–H and O–H groups in total. The molecule has 0 saturated carbocycles. The molecule has 0 aromatic rings. The van der Waals surface area contributed by atoms with Crippen LogP contribution in [0.3, 0.4) is 0 Å². The fourth-order valence-electron chi connectivity index (χ4n) is 0.258. The number of aliphatic carboxylic acids is 2. The Bertz CT molecular complexity index is 144. The Morgan fingerprint density at radius 3 is 1.25 bits per heavy atom. The molecule has 0 bridgehead atoms. The fraction of sp³-hybridized carbons (Fsp3) is 0.500. The Morgan fingerprint density at radius 2 is 1.17 bits per heavy atom. The predicted octanol–water partition coefficient (Wildman–Crippen LogP) is -8.17. The summed E-state index contributed by atoms with van der Waals surface area (Å²) in [5, 5.41) is 35.7. The summed E-state index contributed by atoms with van der Waals surface area (Å²) in [5.74, 6) is -4.12. The third-order valence-electron chi connectivity index (χ3n) is 0.782. The molecule has 0 aromatic heterocycles. The minimum atomic E-state index is -2.44. The number of carbonyl (C=O) groups excluding carboxylic acids is 2. The van der Waals surface area contributed by atoms with Crippen molar-refractivity contribution in [2.45, 2.75) is 12.2 Å². The number of aliphatic hydroxyl groups excluding tert-OH is 2. The van der Waals surface area contributed by atoms with Gasteiger partial charge in [0.05, 0.1) is 11.9 Å². The molecule has 0 heterocycles. The van der Waals surface area contributed by atoms with E-state index in [2.05, 4.69) is 0 Å². The first kappa shape index (κ1) is 19.0. The Kier molecular flexibility index (Phi) is 14.0. The van der Waals surface area contributed by atoms with E-state index in [0.29, 0.717) is 0 Å². The van der Waals surface area contributed by atoms with Crippen LogP contribution in [0, 0.1) is 0 Å². The molecular weight excluding hydrogens is 302 g/mol. The molecule has 2 atom stereocenters. The van der Waals surface area contributed by atoms with Gasteiger partial charge in [0.2, 0.25) is 0 Å². The molecule has 2 unspecified atom stereocenters. The second kappa shape index (κ2) is 8.87. The average Bonchev–Trinajstić information content (AvgIpc) is 1.84. The molecule has 0 amide bonds. The van der Waals surface area contributed by atoms with E-state index in [9.17, 15) is 19.8 Å². The van der Waals surface area contributed by atoms with Gasteiger partial charge in [-0.3, -0.25) is 0 Å². The van der Waals surface area contributed by atoms with Crippen LogP contribution in [0.4, 0.5) is 0 Å². The van der Waals surface area contributed by atoms with Crippen LogP contribution in [-0.2, 0) is 9.59 Å². The molecule has 6 nitrogen and oxygen atoms in total. The minimum absolute atomic E-state index is 0. The van der Waals surface area contributed by atoms with E-state index in [0.717, 1.165) is 0 Å². The smallest absolute Gasteiger partial charge is 0.547 e. The van der Waals surface area contributed by atoms with Crippen molar-refractivity contribution in [2.75, 3.05) is 0 Å². The summed E-state index contributed by atoms with van der Waals surface area (Å²) < 4.78 is 0. The molecule has 58 valence electrons. The molecule has 0 aliphatic rings. The fourth-order valence-corrected chi connectivity index (χ4v) is 0.258. The maximum atomic E-state index is 9.63. The normalized spacial score (nSPS) is 13.2. The van der Waals surface area contributed by atoms with E-state index in [4.69, 9.17) is 10.2 Å². The molecule has 0 aliphatic carbocycles. The first-order valence-electron chi connectivity index (χ1n) is 2.24. The zero-order valence-electron chi connectivity index (χ0n) is 6.18. The van der Waals surface area contributed by atoms with Crippen LogP contribution in [0.5, 0.6) is 0 Å². The Hall–Kier alpha value is 1.30. The molecule has 0 spiro atoms. The van der Waals surface area contributed by atoms with Crippen molar-refractivity contribution < 1.29 is 81.4 Å². The van der Waals surface area contributed by atoms with Crippen LogP contribution < -0.4 is 61.6 Å². The van der Waals surface area contributed by atoms with Gasteiger partial charge in [0.1, 0.15) is 12.2 Å². The van der Waals surface area contributed by atoms with E-state index in [-0.39, 0.29) is 75.3 Å². The van der Waals surface area contributed by atoms with E-state index >= 15 is 0 Å². The summed E-state index contributed by atoms with van der Waals surface area (Å²) in [6, 6.07) is 0. The molecule has 12 heavy (non-hydrogen) atoms. The predicted molar refractivity (Wildman–Crippen MR) is 27.8 cm³/mol. The van der Waals surface area contributed by atoms with Crippen LogP contribution in [0.15, 0.2) is 0 Å². The van der Waals surface area contributed by atoms with E-state index < -0.39 is 24.1 Å². The zero-order chi connectivity index (χ0) is 8.31. The monoisotopic (exact) mass is 307 g/mol. The molecule has 0 fully saturated rings. The van der Waals surface area contributed by atoms with Gasteiger partial charge in [0, 0.05) is 0 Å². The van der Waals surface area contributed by atoms with Gasteiger partial charge in [-0.25, -0.2) is 0 Å². The Balaban J connectivity index is -0.000000405. The maximum absolute atomic E-state index is 9.63. The van der Waals surface area contributed by atoms with Gasteiger partial charge < -0.3 is 30.0 Å². The number of aliphatic hydroxyl groups is 2. The van der Waals surface area contributed by atoms with Crippen molar-refractivity contribution in [1.82, 2.24) is 0 Å². The minimum Gasteiger partial charge on any atom is -0.547 e. The summed E-state index contributed by atoms with van der Waals surface area (Å²) in [6.45, 7) is 0. The molecule has 0 aromatic carbocycles. The Morgan fingerprint density at radius 1 is 1.00 bits per heavy atom. The standard InChI is InChI=1S/C4H6O6.K.Sn/c5-1(3(7)8)2(6)4(9)10;;/h1-2,5-6H,(H,7,8)(H,9,10);;/q;+1;+4/p-2. The van der Waals surface area contributed by atoms with Crippen LogP contribution in [0.1, 0.15) is 0 Å². The first-order chi connectivity index (χ1) is 4.46. The third-order valence-corrected chi connectivity index (χ3v) is 0.782. The molecule has 0 radical (unpaired) electrons. The van der Waals surface area contributed by atoms with Gasteiger partial charge in [-0.2, -0.15) is 0 Å². The van der Waals surface area contributed by atoms with E-state index in [1.807, 2.05) is 0 Å². The molecule has 0 saturated heterocycles. The van der Waals surface area contributed by atoms with Crippen LogP contribution in [0.25, 0.3) is 0 Å². The Labute approximate surface area is 127 Å². The summed E-state index contributed by atoms with van der Waals surface area (Å²) >= 11 is 0.